The predicted octanol–water partition coefficient (Wildman–Crippen LogP) is 4.63. The van der Waals surface area contributed by atoms with Gasteiger partial charge in [-0.05, 0) is 28.5 Å². The van der Waals surface area contributed by atoms with Gasteiger partial charge in [-0.3, -0.25) is 0 Å². The van der Waals surface area contributed by atoms with Gasteiger partial charge in [-0.2, -0.15) is 0 Å². The third-order valence-corrected chi connectivity index (χ3v) is 5.38. The molecule has 0 amide bonds. The van der Waals surface area contributed by atoms with Gasteiger partial charge < -0.3 is 5.32 Å². The van der Waals surface area contributed by atoms with Crippen molar-refractivity contribution in [1.29, 1.82) is 0 Å². The lowest BCUT2D eigenvalue weighted by Gasteiger charge is -2.08. The van der Waals surface area contributed by atoms with E-state index in [9.17, 15) is 0 Å². The zero-order valence-corrected chi connectivity index (χ0v) is 13.1. The molecule has 1 aromatic carbocycles. The van der Waals surface area contributed by atoms with E-state index in [4.69, 9.17) is 11.6 Å². The monoisotopic (exact) mass is 315 g/mol. The Morgan fingerprint density at radius 2 is 1.82 bits per heavy atom. The first-order valence-corrected chi connectivity index (χ1v) is 7.11. The Bertz CT molecular complexity index is 426. The van der Waals surface area contributed by atoms with Gasteiger partial charge in [0.05, 0.1) is 0 Å². The minimum absolute atomic E-state index is 0.370. The van der Waals surface area contributed by atoms with Crippen LogP contribution < -0.4 is 5.32 Å². The Kier molecular flexibility index (Phi) is 3.35. The zero-order valence-electron chi connectivity index (χ0n) is 10.8. The van der Waals surface area contributed by atoms with Crippen LogP contribution in [-0.4, -0.2) is 6.04 Å². The van der Waals surface area contributed by atoms with E-state index >= 15 is 0 Å². The van der Waals surface area contributed by atoms with Crippen LogP contribution in [-0.2, 0) is 6.54 Å². The molecule has 0 aliphatic heterocycles. The first-order valence-electron chi connectivity index (χ1n) is 5.94. The Labute approximate surface area is 117 Å². The van der Waals surface area contributed by atoms with E-state index in [1.54, 1.807) is 0 Å². The quantitative estimate of drug-likeness (QED) is 0.857. The first-order chi connectivity index (χ1) is 7.76. The molecular formula is C14H19BrClN. The topological polar surface area (TPSA) is 12.0 Å². The highest BCUT2D eigenvalue weighted by molar-refractivity contribution is 9.10. The van der Waals surface area contributed by atoms with Crippen molar-refractivity contribution >= 4 is 27.5 Å². The highest BCUT2D eigenvalue weighted by Gasteiger charge is 2.64. The van der Waals surface area contributed by atoms with Crippen molar-refractivity contribution in [2.75, 3.05) is 0 Å². The zero-order chi connectivity index (χ0) is 12.8. The Hall–Kier alpha value is -0.0500. The molecular weight excluding hydrogens is 298 g/mol. The summed E-state index contributed by atoms with van der Waals surface area (Å²) in [4.78, 5) is 0. The Morgan fingerprint density at radius 3 is 2.29 bits per heavy atom. The number of hydrogen-bond donors (Lipinski definition) is 1. The molecule has 1 aliphatic rings. The van der Waals surface area contributed by atoms with Gasteiger partial charge >= 0.3 is 0 Å². The molecule has 94 valence electrons. The highest BCUT2D eigenvalue weighted by atomic mass is 79.9. The van der Waals surface area contributed by atoms with Crippen molar-refractivity contribution in [3.8, 4) is 0 Å². The average Bonchev–Trinajstić information content (AvgIpc) is 2.58. The van der Waals surface area contributed by atoms with Crippen LogP contribution >= 0.6 is 27.5 Å². The molecule has 1 aromatic rings. The van der Waals surface area contributed by atoms with Crippen LogP contribution in [0.1, 0.15) is 33.3 Å². The lowest BCUT2D eigenvalue weighted by Crippen LogP contribution is -2.21. The highest BCUT2D eigenvalue weighted by Crippen LogP contribution is 2.62. The second-order valence-electron chi connectivity index (χ2n) is 5.99. The standard InChI is InChI=1S/C14H19BrClN/c1-13(2)12(14(13,3)4)17-8-9-5-6-10(15)7-11(9)16/h5-7,12,17H,8H2,1-4H3. The summed E-state index contributed by atoms with van der Waals surface area (Å²) in [5.74, 6) is 0. The molecule has 0 saturated heterocycles. The fourth-order valence-corrected chi connectivity index (χ4v) is 3.32. The summed E-state index contributed by atoms with van der Waals surface area (Å²) < 4.78 is 1.03. The molecule has 1 fully saturated rings. The minimum Gasteiger partial charge on any atom is -0.309 e. The molecule has 2 rings (SSSR count). The summed E-state index contributed by atoms with van der Waals surface area (Å²) in [6.07, 6.45) is 0. The average molecular weight is 317 g/mol. The second kappa shape index (κ2) is 4.25. The van der Waals surface area contributed by atoms with Crippen molar-refractivity contribution in [3.05, 3.63) is 33.3 Å². The second-order valence-corrected chi connectivity index (χ2v) is 7.32. The van der Waals surface area contributed by atoms with Crippen molar-refractivity contribution in [2.45, 2.75) is 40.3 Å². The summed E-state index contributed by atoms with van der Waals surface area (Å²) in [6, 6.07) is 6.62. The van der Waals surface area contributed by atoms with Crippen LogP contribution in [0, 0.1) is 10.8 Å². The van der Waals surface area contributed by atoms with Gasteiger partial charge in [0, 0.05) is 22.1 Å². The van der Waals surface area contributed by atoms with Gasteiger partial charge in [0.25, 0.3) is 0 Å². The molecule has 0 bridgehead atoms. The van der Waals surface area contributed by atoms with E-state index in [1.807, 2.05) is 12.1 Å². The van der Waals surface area contributed by atoms with Gasteiger partial charge in [0.15, 0.2) is 0 Å². The molecule has 1 saturated carbocycles. The molecule has 0 unspecified atom stereocenters. The molecule has 17 heavy (non-hydrogen) atoms. The molecule has 1 aliphatic carbocycles. The van der Waals surface area contributed by atoms with Crippen molar-refractivity contribution < 1.29 is 0 Å². The maximum Gasteiger partial charge on any atom is 0.0462 e. The molecule has 0 atom stereocenters. The summed E-state index contributed by atoms with van der Waals surface area (Å²) in [5.41, 5.74) is 1.90. The fourth-order valence-electron chi connectivity index (χ4n) is 2.58. The Balaban J connectivity index is 2.00. The largest absolute Gasteiger partial charge is 0.309 e. The number of rotatable bonds is 3. The number of hydrogen-bond acceptors (Lipinski definition) is 1. The summed E-state index contributed by atoms with van der Waals surface area (Å²) in [5, 5.41) is 4.44. The molecule has 1 N–H and O–H groups in total. The van der Waals surface area contributed by atoms with Crippen molar-refractivity contribution in [1.82, 2.24) is 5.32 Å². The smallest absolute Gasteiger partial charge is 0.0462 e. The van der Waals surface area contributed by atoms with E-state index in [2.05, 4.69) is 55.0 Å². The summed E-state index contributed by atoms with van der Waals surface area (Å²) in [6.45, 7) is 10.1. The van der Waals surface area contributed by atoms with E-state index in [0.29, 0.717) is 16.9 Å². The van der Waals surface area contributed by atoms with Crippen LogP contribution in [0.25, 0.3) is 0 Å². The van der Waals surface area contributed by atoms with Crippen molar-refractivity contribution in [2.24, 2.45) is 10.8 Å². The molecule has 0 heterocycles. The van der Waals surface area contributed by atoms with Gasteiger partial charge in [0.1, 0.15) is 0 Å². The van der Waals surface area contributed by atoms with Crippen LogP contribution in [0.5, 0.6) is 0 Å². The lowest BCUT2D eigenvalue weighted by atomic mass is 10.0. The number of halogens is 2. The fraction of sp³-hybridized carbons (Fsp3) is 0.571. The molecule has 3 heteroatoms. The predicted molar refractivity (Wildman–Crippen MR) is 77.3 cm³/mol. The molecule has 0 spiro atoms. The van der Waals surface area contributed by atoms with Crippen LogP contribution in [0.15, 0.2) is 22.7 Å². The minimum atomic E-state index is 0.370. The third-order valence-electron chi connectivity index (χ3n) is 4.53. The first kappa shape index (κ1) is 13.4. The van der Waals surface area contributed by atoms with Crippen LogP contribution in [0.2, 0.25) is 5.02 Å². The maximum absolute atomic E-state index is 6.21. The van der Waals surface area contributed by atoms with Gasteiger partial charge in [-0.1, -0.05) is 61.3 Å². The van der Waals surface area contributed by atoms with Gasteiger partial charge in [0.2, 0.25) is 0 Å². The van der Waals surface area contributed by atoms with Gasteiger partial charge in [-0.25, -0.2) is 0 Å². The van der Waals surface area contributed by atoms with Crippen LogP contribution in [0.3, 0.4) is 0 Å². The number of benzene rings is 1. The van der Waals surface area contributed by atoms with E-state index < -0.39 is 0 Å². The van der Waals surface area contributed by atoms with Gasteiger partial charge in [-0.15, -0.1) is 0 Å². The van der Waals surface area contributed by atoms with E-state index in [1.165, 1.54) is 0 Å². The van der Waals surface area contributed by atoms with E-state index in [0.717, 1.165) is 21.6 Å². The number of nitrogens with one attached hydrogen (secondary N) is 1. The molecule has 0 aromatic heterocycles. The summed E-state index contributed by atoms with van der Waals surface area (Å²) in [7, 11) is 0. The normalized spacial score (nSPS) is 21.5. The maximum atomic E-state index is 6.21. The third kappa shape index (κ3) is 2.27. The SMILES string of the molecule is CC1(C)C(NCc2ccc(Br)cc2Cl)C1(C)C. The summed E-state index contributed by atoms with van der Waals surface area (Å²) >= 11 is 9.63. The molecule has 1 nitrogen and oxygen atoms in total. The lowest BCUT2D eigenvalue weighted by molar-refractivity contribution is 0.457. The molecule has 0 radical (unpaired) electrons. The Morgan fingerprint density at radius 1 is 1.24 bits per heavy atom. The van der Waals surface area contributed by atoms with Crippen molar-refractivity contribution in [3.63, 3.8) is 0 Å². The van der Waals surface area contributed by atoms with Crippen LogP contribution in [0.4, 0.5) is 0 Å². The van der Waals surface area contributed by atoms with E-state index in [-0.39, 0.29) is 0 Å².